The van der Waals surface area contributed by atoms with Gasteiger partial charge in [0.1, 0.15) is 5.82 Å². The van der Waals surface area contributed by atoms with Gasteiger partial charge in [0.2, 0.25) is 0 Å². The van der Waals surface area contributed by atoms with Crippen LogP contribution >= 0.6 is 0 Å². The van der Waals surface area contributed by atoms with E-state index in [1.54, 1.807) is 0 Å². The number of rotatable bonds is 2. The predicted molar refractivity (Wildman–Crippen MR) is 75.5 cm³/mol. The van der Waals surface area contributed by atoms with Crippen molar-refractivity contribution in [1.29, 1.82) is 0 Å². The van der Waals surface area contributed by atoms with Gasteiger partial charge in [-0.05, 0) is 38.2 Å². The van der Waals surface area contributed by atoms with Gasteiger partial charge in [0.15, 0.2) is 0 Å². The molecular weight excluding hydrogens is 236 g/mol. The topological polar surface area (TPSA) is 45.8 Å². The first-order valence-electron chi connectivity index (χ1n) is 6.89. The second-order valence-corrected chi connectivity index (χ2v) is 5.31. The molecule has 0 radical (unpaired) electrons. The number of aryl methyl sites for hydroxylation is 2. The third-order valence-corrected chi connectivity index (χ3v) is 3.73. The molecule has 1 N–H and O–H groups in total. The van der Waals surface area contributed by atoms with Crippen molar-refractivity contribution in [2.75, 3.05) is 0 Å². The maximum absolute atomic E-state index is 12.0. The van der Waals surface area contributed by atoms with Gasteiger partial charge < -0.3 is 4.98 Å². The minimum absolute atomic E-state index is 0.0619. The number of aromatic amines is 1. The fourth-order valence-corrected chi connectivity index (χ4v) is 2.64. The zero-order valence-corrected chi connectivity index (χ0v) is 11.2. The second kappa shape index (κ2) is 5.00. The fourth-order valence-electron chi connectivity index (χ4n) is 2.64. The Morgan fingerprint density at radius 2 is 1.89 bits per heavy atom. The van der Waals surface area contributed by atoms with E-state index in [1.807, 2.05) is 0 Å². The Morgan fingerprint density at radius 1 is 1.16 bits per heavy atom. The van der Waals surface area contributed by atoms with Crippen molar-refractivity contribution in [3.05, 3.63) is 62.8 Å². The van der Waals surface area contributed by atoms with E-state index in [2.05, 4.69) is 41.2 Å². The quantitative estimate of drug-likeness (QED) is 0.895. The molecule has 0 spiro atoms. The number of nitrogens with one attached hydrogen (secondary N) is 1. The van der Waals surface area contributed by atoms with Gasteiger partial charge in [0.05, 0.1) is 5.69 Å². The minimum atomic E-state index is 0.0619. The summed E-state index contributed by atoms with van der Waals surface area (Å²) in [5, 5.41) is 0. The smallest absolute Gasteiger partial charge is 0.254 e. The number of nitrogens with zero attached hydrogens (tertiary/aromatic N) is 1. The summed E-state index contributed by atoms with van der Waals surface area (Å²) >= 11 is 0. The molecule has 3 heteroatoms. The van der Waals surface area contributed by atoms with Crippen LogP contribution in [0, 0.1) is 6.92 Å². The van der Waals surface area contributed by atoms with E-state index in [1.165, 1.54) is 11.1 Å². The number of fused-ring (bicyclic) bond motifs is 1. The Morgan fingerprint density at radius 3 is 2.68 bits per heavy atom. The van der Waals surface area contributed by atoms with Crippen LogP contribution in [0.4, 0.5) is 0 Å². The normalized spacial score (nSPS) is 14.2. The number of H-pyrrole nitrogens is 1. The Bertz CT molecular complexity index is 641. The second-order valence-electron chi connectivity index (χ2n) is 5.31. The highest BCUT2D eigenvalue weighted by Gasteiger charge is 2.15. The number of benzene rings is 1. The highest BCUT2D eigenvalue weighted by atomic mass is 16.1. The maximum Gasteiger partial charge on any atom is 0.254 e. The van der Waals surface area contributed by atoms with Crippen molar-refractivity contribution >= 4 is 0 Å². The molecule has 0 saturated heterocycles. The van der Waals surface area contributed by atoms with Crippen molar-refractivity contribution in [2.24, 2.45) is 0 Å². The zero-order valence-electron chi connectivity index (χ0n) is 11.2. The van der Waals surface area contributed by atoms with E-state index >= 15 is 0 Å². The average Bonchev–Trinajstić information content (AvgIpc) is 2.42. The van der Waals surface area contributed by atoms with Crippen LogP contribution in [0.5, 0.6) is 0 Å². The van der Waals surface area contributed by atoms with Crippen LogP contribution < -0.4 is 5.56 Å². The van der Waals surface area contributed by atoms with Crippen molar-refractivity contribution in [3.8, 4) is 0 Å². The third kappa shape index (κ3) is 2.60. The molecule has 1 aliphatic rings. The first-order chi connectivity index (χ1) is 9.22. The Labute approximate surface area is 112 Å². The van der Waals surface area contributed by atoms with Crippen molar-refractivity contribution in [3.63, 3.8) is 0 Å². The molecule has 3 nitrogen and oxygen atoms in total. The molecule has 0 amide bonds. The van der Waals surface area contributed by atoms with Crippen molar-refractivity contribution < 1.29 is 0 Å². The molecule has 0 atom stereocenters. The third-order valence-electron chi connectivity index (χ3n) is 3.73. The molecule has 0 aliphatic heterocycles. The lowest BCUT2D eigenvalue weighted by Gasteiger charge is -2.14. The summed E-state index contributed by atoms with van der Waals surface area (Å²) in [6.45, 7) is 2.07. The molecule has 19 heavy (non-hydrogen) atoms. The molecular formula is C16H18N2O. The van der Waals surface area contributed by atoms with Gasteiger partial charge in [0.25, 0.3) is 5.56 Å². The summed E-state index contributed by atoms with van der Waals surface area (Å²) in [7, 11) is 0. The molecule has 0 saturated carbocycles. The van der Waals surface area contributed by atoms with Gasteiger partial charge in [-0.1, -0.05) is 29.8 Å². The minimum Gasteiger partial charge on any atom is -0.310 e. The first kappa shape index (κ1) is 12.2. The van der Waals surface area contributed by atoms with Gasteiger partial charge in [-0.25, -0.2) is 4.98 Å². The molecule has 1 heterocycles. The van der Waals surface area contributed by atoms with Gasteiger partial charge >= 0.3 is 0 Å². The van der Waals surface area contributed by atoms with Gasteiger partial charge in [-0.3, -0.25) is 4.79 Å². The summed E-state index contributed by atoms with van der Waals surface area (Å²) < 4.78 is 0. The van der Waals surface area contributed by atoms with E-state index in [0.717, 1.165) is 42.8 Å². The molecule has 0 bridgehead atoms. The number of hydrogen-bond donors (Lipinski definition) is 1. The van der Waals surface area contributed by atoms with E-state index < -0.39 is 0 Å². The Balaban J connectivity index is 1.91. The SMILES string of the molecule is Cc1ccc(Cc2nc3c(c(=O)[nH]2)CCCC3)cc1. The van der Waals surface area contributed by atoms with Crippen LogP contribution in [0.25, 0.3) is 0 Å². The van der Waals surface area contributed by atoms with Crippen LogP contribution in [0.1, 0.15) is 41.1 Å². The molecule has 1 aromatic heterocycles. The molecule has 0 fully saturated rings. The van der Waals surface area contributed by atoms with Gasteiger partial charge in [-0.15, -0.1) is 0 Å². The van der Waals surface area contributed by atoms with E-state index in [-0.39, 0.29) is 5.56 Å². The molecule has 98 valence electrons. The molecule has 1 aliphatic carbocycles. The highest BCUT2D eigenvalue weighted by Crippen LogP contribution is 2.16. The van der Waals surface area contributed by atoms with Gasteiger partial charge in [-0.2, -0.15) is 0 Å². The van der Waals surface area contributed by atoms with E-state index in [9.17, 15) is 4.79 Å². The average molecular weight is 254 g/mol. The van der Waals surface area contributed by atoms with Crippen molar-refractivity contribution in [2.45, 2.75) is 39.0 Å². The lowest BCUT2D eigenvalue weighted by Crippen LogP contribution is -2.23. The van der Waals surface area contributed by atoms with Gasteiger partial charge in [0, 0.05) is 12.0 Å². The first-order valence-corrected chi connectivity index (χ1v) is 6.89. The largest absolute Gasteiger partial charge is 0.310 e. The molecule has 1 aromatic carbocycles. The van der Waals surface area contributed by atoms with Crippen LogP contribution in [0.3, 0.4) is 0 Å². The Kier molecular flexibility index (Phi) is 3.20. The van der Waals surface area contributed by atoms with E-state index in [4.69, 9.17) is 0 Å². The lowest BCUT2D eigenvalue weighted by molar-refractivity contribution is 0.648. The summed E-state index contributed by atoms with van der Waals surface area (Å²) in [4.78, 5) is 19.6. The fraction of sp³-hybridized carbons (Fsp3) is 0.375. The van der Waals surface area contributed by atoms with Crippen LogP contribution in [0.15, 0.2) is 29.1 Å². The number of hydrogen-bond acceptors (Lipinski definition) is 2. The maximum atomic E-state index is 12.0. The summed E-state index contributed by atoms with van der Waals surface area (Å²) in [5.74, 6) is 0.787. The monoisotopic (exact) mass is 254 g/mol. The predicted octanol–water partition coefficient (Wildman–Crippen LogP) is 2.55. The van der Waals surface area contributed by atoms with Crippen LogP contribution in [0.2, 0.25) is 0 Å². The molecule has 0 unspecified atom stereocenters. The van der Waals surface area contributed by atoms with Crippen LogP contribution in [-0.2, 0) is 19.3 Å². The van der Waals surface area contributed by atoms with Crippen LogP contribution in [-0.4, -0.2) is 9.97 Å². The van der Waals surface area contributed by atoms with Crippen molar-refractivity contribution in [1.82, 2.24) is 9.97 Å². The summed E-state index contributed by atoms with van der Waals surface area (Å²) in [6.07, 6.45) is 4.77. The molecule has 2 aromatic rings. The number of aromatic nitrogens is 2. The lowest BCUT2D eigenvalue weighted by atomic mass is 9.97. The summed E-state index contributed by atoms with van der Waals surface area (Å²) in [5.41, 5.74) is 4.41. The zero-order chi connectivity index (χ0) is 13.2. The van der Waals surface area contributed by atoms with E-state index in [0.29, 0.717) is 6.42 Å². The Hall–Kier alpha value is -1.90. The molecule has 3 rings (SSSR count). The highest BCUT2D eigenvalue weighted by molar-refractivity contribution is 5.26. The summed E-state index contributed by atoms with van der Waals surface area (Å²) in [6, 6.07) is 8.36. The standard InChI is InChI=1S/C16H18N2O/c1-11-6-8-12(9-7-11)10-15-17-14-5-3-2-4-13(14)16(19)18-15/h6-9H,2-5,10H2,1H3,(H,17,18,19).